The van der Waals surface area contributed by atoms with Gasteiger partial charge in [-0.2, -0.15) is 0 Å². The van der Waals surface area contributed by atoms with Crippen LogP contribution in [0.5, 0.6) is 0 Å². The molecule has 1 rings (SSSR count). The molecule has 1 aromatic heterocycles. The normalized spacial score (nSPS) is 13.8. The Labute approximate surface area is 96.0 Å². The number of aliphatic hydroxyl groups excluding tert-OH is 2. The van der Waals surface area contributed by atoms with Gasteiger partial charge in [-0.3, -0.25) is 0 Å². The van der Waals surface area contributed by atoms with Crippen molar-refractivity contribution in [2.45, 2.75) is 11.1 Å². The summed E-state index contributed by atoms with van der Waals surface area (Å²) in [6, 6.07) is 0. The molecular formula is C8H12N4O3S. The largest absolute Gasteiger partial charge is 0.409 e. The van der Waals surface area contributed by atoms with Gasteiger partial charge in [-0.15, -0.1) is 11.8 Å². The molecule has 0 aliphatic rings. The molecule has 0 spiro atoms. The van der Waals surface area contributed by atoms with Crippen LogP contribution in [0, 0.1) is 0 Å². The Morgan fingerprint density at radius 2 is 2.25 bits per heavy atom. The molecule has 1 aromatic rings. The summed E-state index contributed by atoms with van der Waals surface area (Å²) in [6.07, 6.45) is 2.03. The van der Waals surface area contributed by atoms with E-state index in [0.29, 0.717) is 10.8 Å². The second-order valence-corrected chi connectivity index (χ2v) is 3.91. The Hall–Kier alpha value is -1.38. The van der Waals surface area contributed by atoms with Gasteiger partial charge in [0.05, 0.1) is 25.1 Å². The lowest BCUT2D eigenvalue weighted by molar-refractivity contribution is 0.113. The minimum absolute atomic E-state index is 0.112. The summed E-state index contributed by atoms with van der Waals surface area (Å²) < 4.78 is 0. The third kappa shape index (κ3) is 3.65. The van der Waals surface area contributed by atoms with Gasteiger partial charge >= 0.3 is 0 Å². The maximum absolute atomic E-state index is 9.11. The van der Waals surface area contributed by atoms with Crippen LogP contribution in [-0.2, 0) is 0 Å². The highest BCUT2D eigenvalue weighted by Crippen LogP contribution is 2.14. The minimum atomic E-state index is -0.782. The first kappa shape index (κ1) is 12.7. The van der Waals surface area contributed by atoms with E-state index in [1.54, 1.807) is 0 Å². The van der Waals surface area contributed by atoms with Gasteiger partial charge in [0.15, 0.2) is 5.84 Å². The highest BCUT2D eigenvalue weighted by atomic mass is 32.2. The summed E-state index contributed by atoms with van der Waals surface area (Å²) in [7, 11) is 0. The first-order valence-electron chi connectivity index (χ1n) is 4.39. The summed E-state index contributed by atoms with van der Waals surface area (Å²) in [5.41, 5.74) is 5.58. The van der Waals surface area contributed by atoms with Crippen molar-refractivity contribution in [3.8, 4) is 0 Å². The Morgan fingerprint density at radius 1 is 1.50 bits per heavy atom. The quantitative estimate of drug-likeness (QED) is 0.172. The second-order valence-electron chi connectivity index (χ2n) is 2.87. The zero-order valence-corrected chi connectivity index (χ0v) is 9.13. The highest BCUT2D eigenvalue weighted by Gasteiger charge is 2.06. The van der Waals surface area contributed by atoms with Crippen LogP contribution in [0.2, 0.25) is 0 Å². The topological polar surface area (TPSA) is 125 Å². The maximum Gasteiger partial charge on any atom is 0.190 e. The fourth-order valence-electron chi connectivity index (χ4n) is 0.809. The Balaban J connectivity index is 2.58. The number of hydrogen-bond donors (Lipinski definition) is 4. The summed E-state index contributed by atoms with van der Waals surface area (Å²) in [6.45, 7) is -0.289. The molecule has 1 heterocycles. The zero-order valence-electron chi connectivity index (χ0n) is 8.32. The van der Waals surface area contributed by atoms with Gasteiger partial charge < -0.3 is 21.2 Å². The van der Waals surface area contributed by atoms with Crippen LogP contribution in [0.3, 0.4) is 0 Å². The molecule has 0 aromatic carbocycles. The Morgan fingerprint density at radius 3 is 2.75 bits per heavy atom. The predicted octanol–water partition coefficient (Wildman–Crippen LogP) is -0.984. The van der Waals surface area contributed by atoms with Gasteiger partial charge in [-0.05, 0) is 0 Å². The average Bonchev–Trinajstić information content (AvgIpc) is 2.35. The molecule has 16 heavy (non-hydrogen) atoms. The van der Waals surface area contributed by atoms with Crippen molar-refractivity contribution in [3.63, 3.8) is 0 Å². The van der Waals surface area contributed by atoms with Gasteiger partial charge in [0.25, 0.3) is 0 Å². The van der Waals surface area contributed by atoms with E-state index in [1.807, 2.05) is 0 Å². The van der Waals surface area contributed by atoms with E-state index in [4.69, 9.17) is 21.2 Å². The van der Waals surface area contributed by atoms with E-state index < -0.39 is 6.10 Å². The van der Waals surface area contributed by atoms with E-state index in [9.17, 15) is 0 Å². The minimum Gasteiger partial charge on any atom is -0.409 e. The molecule has 88 valence electrons. The lowest BCUT2D eigenvalue weighted by atomic mass is 10.4. The van der Waals surface area contributed by atoms with Gasteiger partial charge in [0.2, 0.25) is 0 Å². The van der Waals surface area contributed by atoms with Crippen molar-refractivity contribution in [2.24, 2.45) is 10.9 Å². The number of thioether (sulfide) groups is 1. The number of nitrogens with zero attached hydrogens (tertiary/aromatic N) is 3. The van der Waals surface area contributed by atoms with Crippen LogP contribution >= 0.6 is 11.8 Å². The molecule has 0 saturated carbocycles. The molecule has 0 fully saturated rings. The molecule has 7 nitrogen and oxygen atoms in total. The smallest absolute Gasteiger partial charge is 0.190 e. The van der Waals surface area contributed by atoms with Gasteiger partial charge in [-0.1, -0.05) is 5.16 Å². The van der Waals surface area contributed by atoms with Crippen molar-refractivity contribution in [1.82, 2.24) is 9.97 Å². The summed E-state index contributed by atoms with van der Waals surface area (Å²) in [5, 5.41) is 29.5. The third-order valence-electron chi connectivity index (χ3n) is 1.63. The molecule has 0 amide bonds. The molecular weight excluding hydrogens is 232 g/mol. The average molecular weight is 244 g/mol. The third-order valence-corrected chi connectivity index (χ3v) is 2.69. The molecule has 0 saturated heterocycles. The number of oxime groups is 1. The number of amidine groups is 1. The lowest BCUT2D eigenvalue weighted by Gasteiger charge is -2.05. The number of hydrogen-bond acceptors (Lipinski definition) is 7. The van der Waals surface area contributed by atoms with Crippen molar-refractivity contribution >= 4 is 17.6 Å². The van der Waals surface area contributed by atoms with E-state index in [-0.39, 0.29) is 18.1 Å². The van der Waals surface area contributed by atoms with E-state index in [2.05, 4.69) is 15.1 Å². The molecule has 0 aliphatic carbocycles. The van der Waals surface area contributed by atoms with Crippen LogP contribution < -0.4 is 5.73 Å². The second kappa shape index (κ2) is 6.26. The molecule has 0 aliphatic heterocycles. The summed E-state index contributed by atoms with van der Waals surface area (Å²) >= 11 is 1.25. The number of aromatic nitrogens is 2. The van der Waals surface area contributed by atoms with E-state index in [1.165, 1.54) is 24.2 Å². The first-order valence-corrected chi connectivity index (χ1v) is 5.37. The summed E-state index contributed by atoms with van der Waals surface area (Å²) in [4.78, 5) is 7.90. The number of nitrogens with two attached hydrogens (primary N) is 1. The molecule has 1 atom stereocenters. The summed E-state index contributed by atoms with van der Waals surface area (Å²) in [5.74, 6) is 0.216. The number of aliphatic hydroxyl groups is 2. The number of rotatable bonds is 5. The first-order chi connectivity index (χ1) is 7.67. The van der Waals surface area contributed by atoms with Crippen molar-refractivity contribution < 1.29 is 15.4 Å². The fraction of sp³-hybridized carbons (Fsp3) is 0.375. The van der Waals surface area contributed by atoms with Crippen molar-refractivity contribution in [2.75, 3.05) is 12.4 Å². The lowest BCUT2D eigenvalue weighted by Crippen LogP contribution is -2.16. The highest BCUT2D eigenvalue weighted by molar-refractivity contribution is 7.99. The van der Waals surface area contributed by atoms with E-state index >= 15 is 0 Å². The molecule has 1 unspecified atom stereocenters. The van der Waals surface area contributed by atoms with Crippen molar-refractivity contribution in [3.05, 3.63) is 18.1 Å². The van der Waals surface area contributed by atoms with Gasteiger partial charge in [0.1, 0.15) is 10.7 Å². The molecule has 0 bridgehead atoms. The Bertz CT molecular complexity index is 357. The SMILES string of the molecule is NC(=NO)c1cnc(SCC(O)CO)cn1. The van der Waals surface area contributed by atoms with Crippen LogP contribution in [-0.4, -0.2) is 49.7 Å². The Kier molecular flexibility index (Phi) is 4.96. The molecule has 0 radical (unpaired) electrons. The molecule has 5 N–H and O–H groups in total. The predicted molar refractivity (Wildman–Crippen MR) is 58.4 cm³/mol. The van der Waals surface area contributed by atoms with E-state index in [0.717, 1.165) is 0 Å². The zero-order chi connectivity index (χ0) is 12.0. The van der Waals surface area contributed by atoms with Crippen LogP contribution in [0.25, 0.3) is 0 Å². The fourth-order valence-corrected chi connectivity index (χ4v) is 1.53. The van der Waals surface area contributed by atoms with Crippen LogP contribution in [0.15, 0.2) is 22.6 Å². The monoisotopic (exact) mass is 244 g/mol. The van der Waals surface area contributed by atoms with Crippen molar-refractivity contribution in [1.29, 1.82) is 0 Å². The van der Waals surface area contributed by atoms with Crippen LogP contribution in [0.4, 0.5) is 0 Å². The molecule has 8 heteroatoms. The van der Waals surface area contributed by atoms with Crippen LogP contribution in [0.1, 0.15) is 5.69 Å². The van der Waals surface area contributed by atoms with Gasteiger partial charge in [-0.25, -0.2) is 9.97 Å². The maximum atomic E-state index is 9.11. The van der Waals surface area contributed by atoms with Gasteiger partial charge in [0, 0.05) is 5.75 Å². The standard InChI is InChI=1S/C8H12N4O3S/c9-8(12-15)6-1-11-7(2-10-6)16-4-5(14)3-13/h1-2,5,13-15H,3-4H2,(H2,9,12).